The van der Waals surface area contributed by atoms with Crippen LogP contribution in [0.4, 0.5) is 11.8 Å². The molecule has 3 aromatic rings. The number of imidazole rings is 1. The normalized spacial score (nSPS) is 11.0. The standard InChI is InChI=1S/C13H17N7O/c1-3-8-5-15-9(21-8)6-16-11-10-12(18-7-17-10)20-13(19-11)14-4-2/h5,7H,3-4,6H2,1-2H3,(H3,14,16,17,18,19,20). The number of anilines is 2. The first kappa shape index (κ1) is 13.3. The molecule has 0 saturated carbocycles. The second-order valence-electron chi connectivity index (χ2n) is 4.45. The topological polar surface area (TPSA) is 105 Å². The zero-order chi connectivity index (χ0) is 14.7. The Kier molecular flexibility index (Phi) is 3.67. The Morgan fingerprint density at radius 2 is 2.10 bits per heavy atom. The summed E-state index contributed by atoms with van der Waals surface area (Å²) in [5.74, 6) is 2.71. The lowest BCUT2D eigenvalue weighted by atomic mass is 10.4. The van der Waals surface area contributed by atoms with Gasteiger partial charge in [0.15, 0.2) is 11.5 Å². The zero-order valence-electron chi connectivity index (χ0n) is 12.0. The van der Waals surface area contributed by atoms with Crippen molar-refractivity contribution in [3.8, 4) is 0 Å². The van der Waals surface area contributed by atoms with Crippen molar-refractivity contribution in [2.45, 2.75) is 26.8 Å². The maximum Gasteiger partial charge on any atom is 0.226 e. The minimum absolute atomic E-state index is 0.455. The van der Waals surface area contributed by atoms with Crippen molar-refractivity contribution in [1.29, 1.82) is 0 Å². The summed E-state index contributed by atoms with van der Waals surface area (Å²) >= 11 is 0. The summed E-state index contributed by atoms with van der Waals surface area (Å²) in [7, 11) is 0. The van der Waals surface area contributed by atoms with Gasteiger partial charge in [0.05, 0.1) is 19.1 Å². The highest BCUT2D eigenvalue weighted by Gasteiger charge is 2.10. The molecule has 0 unspecified atom stereocenters. The Morgan fingerprint density at radius 1 is 1.19 bits per heavy atom. The quantitative estimate of drug-likeness (QED) is 0.636. The molecule has 0 fully saturated rings. The van der Waals surface area contributed by atoms with E-state index in [0.29, 0.717) is 29.8 Å². The molecule has 0 aliphatic heterocycles. The molecule has 0 amide bonds. The summed E-state index contributed by atoms with van der Waals surface area (Å²) < 4.78 is 5.57. The van der Waals surface area contributed by atoms with Crippen LogP contribution in [0.2, 0.25) is 0 Å². The number of hydrogen-bond acceptors (Lipinski definition) is 7. The zero-order valence-corrected chi connectivity index (χ0v) is 12.0. The van der Waals surface area contributed by atoms with E-state index in [4.69, 9.17) is 4.42 Å². The second kappa shape index (κ2) is 5.78. The SMILES string of the molecule is CCNc1nc(NCc2ncc(CC)o2)c2[nH]cnc2n1. The van der Waals surface area contributed by atoms with Gasteiger partial charge in [-0.15, -0.1) is 0 Å². The number of rotatable bonds is 6. The first-order valence-corrected chi connectivity index (χ1v) is 6.92. The Hall–Kier alpha value is -2.64. The van der Waals surface area contributed by atoms with Crippen molar-refractivity contribution in [2.24, 2.45) is 0 Å². The molecule has 8 nitrogen and oxygen atoms in total. The van der Waals surface area contributed by atoms with Crippen molar-refractivity contribution >= 4 is 22.9 Å². The van der Waals surface area contributed by atoms with E-state index in [1.807, 2.05) is 13.8 Å². The van der Waals surface area contributed by atoms with Gasteiger partial charge in [0.25, 0.3) is 0 Å². The Bertz CT molecular complexity index is 733. The van der Waals surface area contributed by atoms with Crippen LogP contribution in [-0.2, 0) is 13.0 Å². The lowest BCUT2D eigenvalue weighted by molar-refractivity contribution is 0.465. The Balaban J connectivity index is 1.83. The number of aromatic amines is 1. The molecular formula is C13H17N7O. The molecule has 3 heterocycles. The van der Waals surface area contributed by atoms with Gasteiger partial charge >= 0.3 is 0 Å². The van der Waals surface area contributed by atoms with Gasteiger partial charge in [-0.3, -0.25) is 0 Å². The largest absolute Gasteiger partial charge is 0.444 e. The molecule has 0 spiro atoms. The van der Waals surface area contributed by atoms with Gasteiger partial charge in [0, 0.05) is 13.0 Å². The summed E-state index contributed by atoms with van der Waals surface area (Å²) in [6.45, 7) is 5.22. The summed E-state index contributed by atoms with van der Waals surface area (Å²) in [5, 5.41) is 6.29. The van der Waals surface area contributed by atoms with Gasteiger partial charge < -0.3 is 20.0 Å². The summed E-state index contributed by atoms with van der Waals surface area (Å²) in [5.41, 5.74) is 1.38. The minimum Gasteiger partial charge on any atom is -0.444 e. The predicted molar refractivity (Wildman–Crippen MR) is 79.1 cm³/mol. The van der Waals surface area contributed by atoms with Gasteiger partial charge in [-0.05, 0) is 6.92 Å². The molecule has 0 aliphatic carbocycles. The Morgan fingerprint density at radius 3 is 2.86 bits per heavy atom. The number of aryl methyl sites for hydroxylation is 1. The van der Waals surface area contributed by atoms with E-state index in [0.717, 1.165) is 24.2 Å². The maximum atomic E-state index is 5.57. The molecule has 110 valence electrons. The molecule has 3 aromatic heterocycles. The molecule has 0 atom stereocenters. The second-order valence-corrected chi connectivity index (χ2v) is 4.45. The minimum atomic E-state index is 0.455. The van der Waals surface area contributed by atoms with E-state index in [-0.39, 0.29) is 0 Å². The van der Waals surface area contributed by atoms with Crippen LogP contribution in [0, 0.1) is 0 Å². The van der Waals surface area contributed by atoms with Crippen molar-refractivity contribution in [3.05, 3.63) is 24.2 Å². The van der Waals surface area contributed by atoms with Gasteiger partial charge in [-0.2, -0.15) is 9.97 Å². The Labute approximate surface area is 121 Å². The third kappa shape index (κ3) is 2.78. The molecule has 21 heavy (non-hydrogen) atoms. The fraction of sp³-hybridized carbons (Fsp3) is 0.385. The van der Waals surface area contributed by atoms with E-state index < -0.39 is 0 Å². The van der Waals surface area contributed by atoms with Crippen molar-refractivity contribution < 1.29 is 4.42 Å². The van der Waals surface area contributed by atoms with Crippen molar-refractivity contribution in [2.75, 3.05) is 17.2 Å². The van der Waals surface area contributed by atoms with Crippen molar-refractivity contribution in [1.82, 2.24) is 24.9 Å². The van der Waals surface area contributed by atoms with Gasteiger partial charge in [-0.1, -0.05) is 6.92 Å². The molecule has 0 bridgehead atoms. The third-order valence-corrected chi connectivity index (χ3v) is 2.98. The molecule has 0 aromatic carbocycles. The number of H-pyrrole nitrogens is 1. The number of oxazole rings is 1. The smallest absolute Gasteiger partial charge is 0.226 e. The highest BCUT2D eigenvalue weighted by Crippen LogP contribution is 2.19. The van der Waals surface area contributed by atoms with Crippen LogP contribution in [-0.4, -0.2) is 31.5 Å². The van der Waals surface area contributed by atoms with Crippen LogP contribution in [0.1, 0.15) is 25.5 Å². The summed E-state index contributed by atoms with van der Waals surface area (Å²) in [6, 6.07) is 0. The molecule has 3 rings (SSSR count). The highest BCUT2D eigenvalue weighted by atomic mass is 16.4. The van der Waals surface area contributed by atoms with E-state index in [9.17, 15) is 0 Å². The van der Waals surface area contributed by atoms with E-state index in [1.54, 1.807) is 12.5 Å². The van der Waals surface area contributed by atoms with Crippen LogP contribution in [0.3, 0.4) is 0 Å². The molecule has 0 saturated heterocycles. The summed E-state index contributed by atoms with van der Waals surface area (Å²) in [4.78, 5) is 20.2. The average molecular weight is 287 g/mol. The average Bonchev–Trinajstić information content (AvgIpc) is 3.13. The van der Waals surface area contributed by atoms with Crippen LogP contribution >= 0.6 is 0 Å². The maximum absolute atomic E-state index is 5.57. The van der Waals surface area contributed by atoms with E-state index >= 15 is 0 Å². The third-order valence-electron chi connectivity index (χ3n) is 2.98. The molecule has 8 heteroatoms. The van der Waals surface area contributed by atoms with Crippen molar-refractivity contribution in [3.63, 3.8) is 0 Å². The van der Waals surface area contributed by atoms with E-state index in [2.05, 4.69) is 35.6 Å². The molecule has 0 radical (unpaired) electrons. The monoisotopic (exact) mass is 287 g/mol. The molecule has 0 aliphatic rings. The fourth-order valence-corrected chi connectivity index (χ4v) is 1.95. The van der Waals surface area contributed by atoms with E-state index in [1.165, 1.54) is 0 Å². The highest BCUT2D eigenvalue weighted by molar-refractivity contribution is 5.83. The summed E-state index contributed by atoms with van der Waals surface area (Å²) in [6.07, 6.45) is 4.17. The van der Waals surface area contributed by atoms with Gasteiger partial charge in [-0.25, -0.2) is 9.97 Å². The first-order chi connectivity index (χ1) is 10.3. The lowest BCUT2D eigenvalue weighted by Gasteiger charge is -2.07. The molecular weight excluding hydrogens is 270 g/mol. The lowest BCUT2D eigenvalue weighted by Crippen LogP contribution is -2.07. The number of fused-ring (bicyclic) bond motifs is 1. The number of aromatic nitrogens is 5. The molecule has 3 N–H and O–H groups in total. The fourth-order valence-electron chi connectivity index (χ4n) is 1.95. The van der Waals surface area contributed by atoms with Gasteiger partial charge in [0.2, 0.25) is 11.8 Å². The number of hydrogen-bond donors (Lipinski definition) is 3. The van der Waals surface area contributed by atoms with Crippen LogP contribution in [0.15, 0.2) is 16.9 Å². The van der Waals surface area contributed by atoms with Crippen LogP contribution < -0.4 is 10.6 Å². The number of nitrogens with one attached hydrogen (secondary N) is 3. The van der Waals surface area contributed by atoms with Gasteiger partial charge in [0.1, 0.15) is 11.3 Å². The van der Waals surface area contributed by atoms with Crippen LogP contribution in [0.5, 0.6) is 0 Å². The number of nitrogens with zero attached hydrogens (tertiary/aromatic N) is 4. The first-order valence-electron chi connectivity index (χ1n) is 6.92. The van der Waals surface area contributed by atoms with Crippen LogP contribution in [0.25, 0.3) is 11.2 Å². The predicted octanol–water partition coefficient (Wildman–Crippen LogP) is 1.95.